The second-order valence-electron chi connectivity index (χ2n) is 5.92. The molecule has 1 nitrogen and oxygen atoms in total. The molecule has 0 atom stereocenters. The van der Waals surface area contributed by atoms with Gasteiger partial charge in [0.05, 0.1) is 4.70 Å². The third-order valence-corrected chi connectivity index (χ3v) is 4.77. The van der Waals surface area contributed by atoms with Crippen LogP contribution in [-0.4, -0.2) is 0 Å². The third-order valence-electron chi connectivity index (χ3n) is 3.66. The number of benzene rings is 1. The van der Waals surface area contributed by atoms with E-state index in [1.165, 1.54) is 20.7 Å². The van der Waals surface area contributed by atoms with Crippen molar-refractivity contribution in [3.05, 3.63) is 47.7 Å². The molecule has 0 N–H and O–H groups in total. The molecule has 0 aliphatic carbocycles. The summed E-state index contributed by atoms with van der Waals surface area (Å²) in [5.41, 5.74) is 3.68. The van der Waals surface area contributed by atoms with E-state index in [1.54, 1.807) is 0 Å². The molecule has 0 bridgehead atoms. The lowest BCUT2D eigenvalue weighted by atomic mass is 10.0. The van der Waals surface area contributed by atoms with Gasteiger partial charge in [-0.05, 0) is 23.1 Å². The summed E-state index contributed by atoms with van der Waals surface area (Å²) in [4.78, 5) is 1.28. The Kier molecular flexibility index (Phi) is 3.43. The minimum atomic E-state index is 0.448. The van der Waals surface area contributed by atoms with Gasteiger partial charge in [0.1, 0.15) is 11.3 Å². The molecule has 104 valence electrons. The standard InChI is InChI=1S/C18H20OS/c1-11(2)13-5-7-14(8-6-13)17-10-16-18(20-17)9-15(19-16)12(3)4/h5-12H,1-4H3. The van der Waals surface area contributed by atoms with Gasteiger partial charge in [-0.3, -0.25) is 0 Å². The van der Waals surface area contributed by atoms with E-state index in [0.717, 1.165) is 11.3 Å². The van der Waals surface area contributed by atoms with Crippen molar-refractivity contribution in [3.63, 3.8) is 0 Å². The van der Waals surface area contributed by atoms with Crippen molar-refractivity contribution in [3.8, 4) is 10.4 Å². The molecule has 2 heteroatoms. The van der Waals surface area contributed by atoms with E-state index in [0.29, 0.717) is 11.8 Å². The first-order valence-corrected chi connectivity index (χ1v) is 8.00. The predicted octanol–water partition coefficient (Wildman–Crippen LogP) is 6.41. The molecule has 0 saturated heterocycles. The Morgan fingerprint density at radius 2 is 1.60 bits per heavy atom. The fourth-order valence-corrected chi connectivity index (χ4v) is 3.35. The molecule has 0 unspecified atom stereocenters. The summed E-state index contributed by atoms with van der Waals surface area (Å²) >= 11 is 1.81. The van der Waals surface area contributed by atoms with E-state index in [4.69, 9.17) is 4.42 Å². The van der Waals surface area contributed by atoms with Crippen molar-refractivity contribution in [2.45, 2.75) is 39.5 Å². The maximum atomic E-state index is 5.90. The number of hydrogen-bond donors (Lipinski definition) is 0. The summed E-state index contributed by atoms with van der Waals surface area (Å²) in [6.07, 6.45) is 0. The molecule has 1 aromatic carbocycles. The summed E-state index contributed by atoms with van der Waals surface area (Å²) in [5.74, 6) is 2.11. The smallest absolute Gasteiger partial charge is 0.145 e. The summed E-state index contributed by atoms with van der Waals surface area (Å²) in [6, 6.07) is 13.2. The van der Waals surface area contributed by atoms with Crippen LogP contribution in [0.3, 0.4) is 0 Å². The molecule has 0 aliphatic heterocycles. The van der Waals surface area contributed by atoms with Gasteiger partial charge in [0.15, 0.2) is 0 Å². The van der Waals surface area contributed by atoms with Gasteiger partial charge in [0.2, 0.25) is 0 Å². The number of furan rings is 1. The van der Waals surface area contributed by atoms with Gasteiger partial charge in [-0.2, -0.15) is 0 Å². The minimum absolute atomic E-state index is 0.448. The molecule has 0 spiro atoms. The molecule has 0 fully saturated rings. The molecule has 0 aliphatic rings. The monoisotopic (exact) mass is 284 g/mol. The highest BCUT2D eigenvalue weighted by Crippen LogP contribution is 2.37. The maximum absolute atomic E-state index is 5.90. The highest BCUT2D eigenvalue weighted by atomic mass is 32.1. The van der Waals surface area contributed by atoms with Crippen molar-refractivity contribution in [1.82, 2.24) is 0 Å². The molecular formula is C18H20OS. The molecule has 2 heterocycles. The average Bonchev–Trinajstić information content (AvgIpc) is 2.96. The zero-order valence-electron chi connectivity index (χ0n) is 12.4. The Morgan fingerprint density at radius 1 is 0.900 bits per heavy atom. The van der Waals surface area contributed by atoms with Gasteiger partial charge in [-0.1, -0.05) is 52.0 Å². The Labute approximate surface area is 124 Å². The normalized spacial score (nSPS) is 11.9. The molecule has 0 radical (unpaired) electrons. The number of thiophene rings is 1. The van der Waals surface area contributed by atoms with Gasteiger partial charge in [0, 0.05) is 16.9 Å². The van der Waals surface area contributed by atoms with Gasteiger partial charge >= 0.3 is 0 Å². The lowest BCUT2D eigenvalue weighted by molar-refractivity contribution is 0.522. The highest BCUT2D eigenvalue weighted by Gasteiger charge is 2.12. The molecule has 2 aromatic heterocycles. The fourth-order valence-electron chi connectivity index (χ4n) is 2.31. The van der Waals surface area contributed by atoms with Crippen LogP contribution in [0.1, 0.15) is 50.9 Å². The number of fused-ring (bicyclic) bond motifs is 1. The van der Waals surface area contributed by atoms with Crippen LogP contribution in [0, 0.1) is 0 Å². The first-order valence-electron chi connectivity index (χ1n) is 7.18. The van der Waals surface area contributed by atoms with Crippen LogP contribution < -0.4 is 0 Å². The van der Waals surface area contributed by atoms with Crippen LogP contribution in [0.4, 0.5) is 0 Å². The van der Waals surface area contributed by atoms with E-state index in [-0.39, 0.29) is 0 Å². The average molecular weight is 284 g/mol. The number of rotatable bonds is 3. The Hall–Kier alpha value is -1.54. The first-order chi connectivity index (χ1) is 9.54. The van der Waals surface area contributed by atoms with Crippen molar-refractivity contribution in [2.75, 3.05) is 0 Å². The SMILES string of the molecule is CC(C)c1ccc(-c2cc3oc(C(C)C)cc3s2)cc1. The zero-order chi connectivity index (χ0) is 14.3. The topological polar surface area (TPSA) is 13.1 Å². The second kappa shape index (κ2) is 5.10. The quantitative estimate of drug-likeness (QED) is 0.541. The van der Waals surface area contributed by atoms with Gasteiger partial charge < -0.3 is 4.42 Å². The van der Waals surface area contributed by atoms with E-state index in [1.807, 2.05) is 11.3 Å². The van der Waals surface area contributed by atoms with Crippen molar-refractivity contribution in [1.29, 1.82) is 0 Å². The summed E-state index contributed by atoms with van der Waals surface area (Å²) in [5, 5.41) is 0. The summed E-state index contributed by atoms with van der Waals surface area (Å²) in [6.45, 7) is 8.77. The summed E-state index contributed by atoms with van der Waals surface area (Å²) in [7, 11) is 0. The van der Waals surface area contributed by atoms with E-state index >= 15 is 0 Å². The van der Waals surface area contributed by atoms with Crippen LogP contribution >= 0.6 is 11.3 Å². The van der Waals surface area contributed by atoms with E-state index in [2.05, 4.69) is 64.1 Å². The van der Waals surface area contributed by atoms with Crippen LogP contribution in [0.15, 0.2) is 40.8 Å². The van der Waals surface area contributed by atoms with E-state index < -0.39 is 0 Å². The van der Waals surface area contributed by atoms with Crippen LogP contribution in [-0.2, 0) is 0 Å². The van der Waals surface area contributed by atoms with Crippen LogP contribution in [0.2, 0.25) is 0 Å². The molecule has 0 amide bonds. The molecule has 0 saturated carbocycles. The van der Waals surface area contributed by atoms with Crippen LogP contribution in [0.5, 0.6) is 0 Å². The lowest BCUT2D eigenvalue weighted by Crippen LogP contribution is -1.85. The van der Waals surface area contributed by atoms with Gasteiger partial charge in [-0.15, -0.1) is 11.3 Å². The van der Waals surface area contributed by atoms with Crippen molar-refractivity contribution >= 4 is 21.6 Å². The highest BCUT2D eigenvalue weighted by molar-refractivity contribution is 7.22. The summed E-state index contributed by atoms with van der Waals surface area (Å²) < 4.78 is 7.15. The van der Waals surface area contributed by atoms with Crippen LogP contribution in [0.25, 0.3) is 20.7 Å². The lowest BCUT2D eigenvalue weighted by Gasteiger charge is -2.05. The predicted molar refractivity (Wildman–Crippen MR) is 87.7 cm³/mol. The first kappa shape index (κ1) is 13.4. The molecule has 3 aromatic rings. The van der Waals surface area contributed by atoms with Gasteiger partial charge in [-0.25, -0.2) is 0 Å². The van der Waals surface area contributed by atoms with Crippen molar-refractivity contribution < 1.29 is 4.42 Å². The minimum Gasteiger partial charge on any atom is -0.460 e. The Morgan fingerprint density at radius 3 is 2.15 bits per heavy atom. The zero-order valence-corrected chi connectivity index (χ0v) is 13.3. The maximum Gasteiger partial charge on any atom is 0.145 e. The molecular weight excluding hydrogens is 264 g/mol. The molecule has 20 heavy (non-hydrogen) atoms. The Balaban J connectivity index is 1.95. The van der Waals surface area contributed by atoms with Gasteiger partial charge in [0.25, 0.3) is 0 Å². The number of hydrogen-bond acceptors (Lipinski definition) is 2. The van der Waals surface area contributed by atoms with E-state index in [9.17, 15) is 0 Å². The second-order valence-corrected chi connectivity index (χ2v) is 7.00. The Bertz CT molecular complexity index is 682. The largest absolute Gasteiger partial charge is 0.460 e. The molecule has 3 rings (SSSR count). The third kappa shape index (κ3) is 2.40. The fraction of sp³-hybridized carbons (Fsp3) is 0.333. The van der Waals surface area contributed by atoms with Crippen molar-refractivity contribution in [2.24, 2.45) is 0 Å².